The average molecular weight is 176 g/mol. The first kappa shape index (κ1) is 9.85. The van der Waals surface area contributed by atoms with E-state index in [0.29, 0.717) is 5.75 Å². The molecule has 0 heterocycles. The summed E-state index contributed by atoms with van der Waals surface area (Å²) in [5.41, 5.74) is 3.70. The molecule has 1 heteroatoms. The molecule has 1 aromatic carbocycles. The lowest BCUT2D eigenvalue weighted by atomic mass is 9.99. The van der Waals surface area contributed by atoms with E-state index in [2.05, 4.69) is 19.9 Å². The van der Waals surface area contributed by atoms with Crippen molar-refractivity contribution in [3.8, 4) is 5.75 Å². The number of hydrogen-bond acceptors (Lipinski definition) is 1. The van der Waals surface area contributed by atoms with E-state index in [1.807, 2.05) is 19.1 Å². The number of benzene rings is 1. The quantitative estimate of drug-likeness (QED) is 0.732. The Morgan fingerprint density at radius 1 is 1.46 bits per heavy atom. The summed E-state index contributed by atoms with van der Waals surface area (Å²) >= 11 is 0. The van der Waals surface area contributed by atoms with E-state index in [1.165, 1.54) is 16.7 Å². The number of aromatic hydroxyl groups is 1. The van der Waals surface area contributed by atoms with Gasteiger partial charge in [0, 0.05) is 0 Å². The molecule has 0 bridgehead atoms. The van der Waals surface area contributed by atoms with Gasteiger partial charge in [0.1, 0.15) is 5.75 Å². The number of phenols is 1. The van der Waals surface area contributed by atoms with Crippen molar-refractivity contribution in [2.24, 2.45) is 0 Å². The van der Waals surface area contributed by atoms with E-state index < -0.39 is 0 Å². The largest absolute Gasteiger partial charge is 0.508 e. The van der Waals surface area contributed by atoms with E-state index in [4.69, 9.17) is 0 Å². The first-order valence-electron chi connectivity index (χ1n) is 4.64. The molecule has 0 aromatic heterocycles. The van der Waals surface area contributed by atoms with Crippen LogP contribution in [0.1, 0.15) is 31.9 Å². The van der Waals surface area contributed by atoms with Crippen molar-refractivity contribution in [1.82, 2.24) is 0 Å². The average Bonchev–Trinajstić information content (AvgIpc) is 2.16. The van der Waals surface area contributed by atoms with E-state index >= 15 is 0 Å². The number of rotatable bonds is 2. The molecular formula is C12H16O. The molecule has 0 spiro atoms. The van der Waals surface area contributed by atoms with Crippen LogP contribution in [0, 0.1) is 0 Å². The summed E-state index contributed by atoms with van der Waals surface area (Å²) in [6.07, 6.45) is 3.04. The third kappa shape index (κ3) is 2.11. The van der Waals surface area contributed by atoms with Crippen LogP contribution in [-0.2, 0) is 6.42 Å². The molecule has 0 saturated heterocycles. The van der Waals surface area contributed by atoms with E-state index in [9.17, 15) is 5.11 Å². The van der Waals surface area contributed by atoms with Crippen molar-refractivity contribution < 1.29 is 5.11 Å². The highest BCUT2D eigenvalue weighted by Crippen LogP contribution is 2.23. The van der Waals surface area contributed by atoms with Gasteiger partial charge in [0.05, 0.1) is 0 Å². The Morgan fingerprint density at radius 3 is 2.69 bits per heavy atom. The second-order valence-electron chi connectivity index (χ2n) is 3.17. The minimum absolute atomic E-state index is 0.351. The van der Waals surface area contributed by atoms with Gasteiger partial charge >= 0.3 is 0 Å². The predicted octanol–water partition coefficient (Wildman–Crippen LogP) is 3.38. The van der Waals surface area contributed by atoms with Crippen LogP contribution in [0.15, 0.2) is 24.3 Å². The highest BCUT2D eigenvalue weighted by molar-refractivity contribution is 5.67. The van der Waals surface area contributed by atoms with Crippen LogP contribution >= 0.6 is 0 Å². The molecule has 0 radical (unpaired) electrons. The first-order chi connectivity index (χ1) is 6.19. The van der Waals surface area contributed by atoms with Gasteiger partial charge in [-0.25, -0.2) is 0 Å². The molecular weight excluding hydrogens is 160 g/mol. The van der Waals surface area contributed by atoms with Crippen LogP contribution in [0.25, 0.3) is 5.57 Å². The normalized spacial score (nSPS) is 11.8. The number of allylic oxidation sites excluding steroid dienone is 2. The summed E-state index contributed by atoms with van der Waals surface area (Å²) in [7, 11) is 0. The van der Waals surface area contributed by atoms with Crippen molar-refractivity contribution in [3.05, 3.63) is 35.4 Å². The number of aryl methyl sites for hydroxylation is 1. The zero-order chi connectivity index (χ0) is 9.84. The molecule has 0 unspecified atom stereocenters. The van der Waals surface area contributed by atoms with Gasteiger partial charge in [0.15, 0.2) is 0 Å². The van der Waals surface area contributed by atoms with Gasteiger partial charge in [-0.15, -0.1) is 0 Å². The molecule has 0 amide bonds. The molecule has 13 heavy (non-hydrogen) atoms. The maximum absolute atomic E-state index is 9.30. The van der Waals surface area contributed by atoms with Crippen LogP contribution in [0.4, 0.5) is 0 Å². The molecule has 0 aliphatic heterocycles. The SMILES string of the molecule is CC=C(C)c1ccc(O)cc1CC. The monoisotopic (exact) mass is 176 g/mol. The fourth-order valence-electron chi connectivity index (χ4n) is 1.41. The lowest BCUT2D eigenvalue weighted by Crippen LogP contribution is -1.89. The molecule has 1 nitrogen and oxygen atoms in total. The number of phenolic OH excluding ortho intramolecular Hbond substituents is 1. The Morgan fingerprint density at radius 2 is 2.15 bits per heavy atom. The number of hydrogen-bond donors (Lipinski definition) is 1. The summed E-state index contributed by atoms with van der Waals surface area (Å²) < 4.78 is 0. The maximum atomic E-state index is 9.30. The van der Waals surface area contributed by atoms with Crippen LogP contribution in [0.5, 0.6) is 5.75 Å². The van der Waals surface area contributed by atoms with Crippen molar-refractivity contribution in [2.75, 3.05) is 0 Å². The van der Waals surface area contributed by atoms with E-state index in [1.54, 1.807) is 6.07 Å². The molecule has 1 rings (SSSR count). The summed E-state index contributed by atoms with van der Waals surface area (Å²) in [6, 6.07) is 5.55. The summed E-state index contributed by atoms with van der Waals surface area (Å²) in [5, 5.41) is 9.30. The Kier molecular flexibility index (Phi) is 3.13. The van der Waals surface area contributed by atoms with Crippen LogP contribution < -0.4 is 0 Å². The second kappa shape index (κ2) is 4.13. The zero-order valence-electron chi connectivity index (χ0n) is 8.46. The smallest absolute Gasteiger partial charge is 0.115 e. The van der Waals surface area contributed by atoms with Gasteiger partial charge in [-0.1, -0.05) is 19.1 Å². The summed E-state index contributed by atoms with van der Waals surface area (Å²) in [4.78, 5) is 0. The Bertz CT molecular complexity index is 324. The highest BCUT2D eigenvalue weighted by Gasteiger charge is 2.02. The first-order valence-corrected chi connectivity index (χ1v) is 4.64. The van der Waals surface area contributed by atoms with E-state index in [0.717, 1.165) is 6.42 Å². The van der Waals surface area contributed by atoms with Gasteiger partial charge in [0.25, 0.3) is 0 Å². The van der Waals surface area contributed by atoms with Crippen molar-refractivity contribution in [3.63, 3.8) is 0 Å². The molecule has 0 aliphatic rings. The standard InChI is InChI=1S/C12H16O/c1-4-9(3)12-7-6-11(13)8-10(12)5-2/h4,6-8,13H,5H2,1-3H3. The van der Waals surface area contributed by atoms with Crippen molar-refractivity contribution in [1.29, 1.82) is 0 Å². The van der Waals surface area contributed by atoms with Gasteiger partial charge in [-0.3, -0.25) is 0 Å². The fourth-order valence-corrected chi connectivity index (χ4v) is 1.41. The predicted molar refractivity (Wildman–Crippen MR) is 56.8 cm³/mol. The third-order valence-corrected chi connectivity index (χ3v) is 2.33. The Balaban J connectivity index is 3.21. The Hall–Kier alpha value is -1.24. The lowest BCUT2D eigenvalue weighted by Gasteiger charge is -2.08. The molecule has 70 valence electrons. The topological polar surface area (TPSA) is 20.2 Å². The van der Waals surface area contributed by atoms with Crippen molar-refractivity contribution in [2.45, 2.75) is 27.2 Å². The maximum Gasteiger partial charge on any atom is 0.115 e. The summed E-state index contributed by atoms with van der Waals surface area (Å²) in [6.45, 7) is 6.22. The van der Waals surface area contributed by atoms with Crippen LogP contribution in [-0.4, -0.2) is 5.11 Å². The zero-order valence-corrected chi connectivity index (χ0v) is 8.46. The third-order valence-electron chi connectivity index (χ3n) is 2.33. The minimum atomic E-state index is 0.351. The minimum Gasteiger partial charge on any atom is -0.508 e. The van der Waals surface area contributed by atoms with Gasteiger partial charge < -0.3 is 5.11 Å². The fraction of sp³-hybridized carbons (Fsp3) is 0.333. The second-order valence-corrected chi connectivity index (χ2v) is 3.17. The summed E-state index contributed by atoms with van der Waals surface area (Å²) in [5.74, 6) is 0.351. The molecule has 0 atom stereocenters. The lowest BCUT2D eigenvalue weighted by molar-refractivity contribution is 0.474. The molecule has 1 aromatic rings. The van der Waals surface area contributed by atoms with Gasteiger partial charge in [0.2, 0.25) is 0 Å². The Labute approximate surface area is 79.7 Å². The van der Waals surface area contributed by atoms with Gasteiger partial charge in [-0.05, 0) is 49.1 Å². The van der Waals surface area contributed by atoms with Crippen LogP contribution in [0.2, 0.25) is 0 Å². The molecule has 0 aliphatic carbocycles. The molecule has 0 fully saturated rings. The van der Waals surface area contributed by atoms with Crippen molar-refractivity contribution >= 4 is 5.57 Å². The van der Waals surface area contributed by atoms with E-state index in [-0.39, 0.29) is 0 Å². The van der Waals surface area contributed by atoms with Gasteiger partial charge in [-0.2, -0.15) is 0 Å². The molecule has 1 N–H and O–H groups in total. The highest BCUT2D eigenvalue weighted by atomic mass is 16.3. The van der Waals surface area contributed by atoms with Crippen LogP contribution in [0.3, 0.4) is 0 Å². The molecule has 0 saturated carbocycles.